The van der Waals surface area contributed by atoms with E-state index in [1.165, 1.54) is 37.7 Å². The molecule has 4 rings (SSSR count). The van der Waals surface area contributed by atoms with Crippen LogP contribution in [0, 0.1) is 34.0 Å². The molecule has 4 fully saturated rings. The highest BCUT2D eigenvalue weighted by molar-refractivity contribution is 5.87. The van der Waals surface area contributed by atoms with E-state index in [9.17, 15) is 4.79 Å². The van der Waals surface area contributed by atoms with Gasteiger partial charge in [-0.25, -0.2) is 0 Å². The molecule has 2 unspecified atom stereocenters. The smallest absolute Gasteiger partial charge is 0.140 e. The Hall–Kier alpha value is -0.590. The highest BCUT2D eigenvalue weighted by atomic mass is 16.1. The van der Waals surface area contributed by atoms with E-state index in [-0.39, 0.29) is 5.92 Å². The van der Waals surface area contributed by atoms with Gasteiger partial charge in [0.2, 0.25) is 0 Å². The molecule has 1 spiro atoms. The lowest BCUT2D eigenvalue weighted by molar-refractivity contribution is -0.187. The van der Waals surface area contributed by atoms with Gasteiger partial charge in [0.1, 0.15) is 5.78 Å². The predicted molar refractivity (Wildman–Crippen MR) is 85.9 cm³/mol. The number of fused-ring (bicyclic) bond motifs is 2. The van der Waals surface area contributed by atoms with Crippen LogP contribution in [0.1, 0.15) is 72.1 Å². The van der Waals surface area contributed by atoms with E-state index in [0.29, 0.717) is 22.0 Å². The minimum absolute atomic E-state index is 0.235. The van der Waals surface area contributed by atoms with Gasteiger partial charge < -0.3 is 0 Å². The van der Waals surface area contributed by atoms with Crippen LogP contribution in [-0.2, 0) is 4.79 Å². The summed E-state index contributed by atoms with van der Waals surface area (Å²) in [4.78, 5) is 12.4. The Balaban J connectivity index is 1.76. The lowest BCUT2D eigenvalue weighted by Crippen LogP contribution is -2.64. The van der Waals surface area contributed by atoms with Crippen molar-refractivity contribution in [2.45, 2.75) is 72.1 Å². The first kappa shape index (κ1) is 14.0. The molecule has 4 aliphatic carbocycles. The third-order valence-corrected chi connectivity index (χ3v) is 8.21. The molecule has 5 atom stereocenters. The van der Waals surface area contributed by atoms with Crippen molar-refractivity contribution in [1.29, 1.82) is 0 Å². The summed E-state index contributed by atoms with van der Waals surface area (Å²) in [5, 5.41) is 0. The fraction of sp³-hybridized carbons (Fsp3) is 0.850. The molecule has 0 aromatic carbocycles. The van der Waals surface area contributed by atoms with Gasteiger partial charge in [-0.05, 0) is 66.6 Å². The van der Waals surface area contributed by atoms with E-state index >= 15 is 0 Å². The van der Waals surface area contributed by atoms with Crippen molar-refractivity contribution < 1.29 is 4.79 Å². The molecule has 1 heteroatoms. The van der Waals surface area contributed by atoms with Crippen molar-refractivity contribution in [3.05, 3.63) is 12.2 Å². The predicted octanol–water partition coefficient (Wildman–Crippen LogP) is 5.15. The number of carbonyl (C=O) groups is 1. The molecule has 0 heterocycles. The van der Waals surface area contributed by atoms with Gasteiger partial charge in [-0.15, -0.1) is 0 Å². The highest BCUT2D eigenvalue weighted by Crippen LogP contribution is 2.73. The molecule has 0 N–H and O–H groups in total. The molecule has 0 amide bonds. The van der Waals surface area contributed by atoms with Crippen LogP contribution >= 0.6 is 0 Å². The standard InChI is InChI=1S/C20H30O/c1-13-12-20-11-8-15-18(2,3)9-5-10-19(15,4)16(20)7-6-14(21)17(13)20/h15-17H,1,5-12H2,2-4H3/t15-,16+,17+,19?,20?/m0/s1. The summed E-state index contributed by atoms with van der Waals surface area (Å²) < 4.78 is 0. The van der Waals surface area contributed by atoms with Gasteiger partial charge in [-0.1, -0.05) is 39.3 Å². The zero-order chi connectivity index (χ0) is 15.0. The van der Waals surface area contributed by atoms with Crippen LogP contribution in [0.4, 0.5) is 0 Å². The van der Waals surface area contributed by atoms with Crippen molar-refractivity contribution in [2.75, 3.05) is 0 Å². The van der Waals surface area contributed by atoms with E-state index in [4.69, 9.17) is 0 Å². The summed E-state index contributed by atoms with van der Waals surface area (Å²) >= 11 is 0. The van der Waals surface area contributed by atoms with Crippen LogP contribution in [0.15, 0.2) is 12.2 Å². The minimum Gasteiger partial charge on any atom is -0.299 e. The zero-order valence-corrected chi connectivity index (χ0v) is 14.0. The average molecular weight is 286 g/mol. The van der Waals surface area contributed by atoms with Crippen molar-refractivity contribution in [2.24, 2.45) is 34.0 Å². The summed E-state index contributed by atoms with van der Waals surface area (Å²) in [6.45, 7) is 11.8. The largest absolute Gasteiger partial charge is 0.299 e. The van der Waals surface area contributed by atoms with Gasteiger partial charge in [0, 0.05) is 12.3 Å². The lowest BCUT2D eigenvalue weighted by Gasteiger charge is -2.70. The van der Waals surface area contributed by atoms with E-state index in [2.05, 4.69) is 27.4 Å². The third-order valence-electron chi connectivity index (χ3n) is 8.21. The second-order valence-electron chi connectivity index (χ2n) is 9.50. The van der Waals surface area contributed by atoms with Crippen LogP contribution in [-0.4, -0.2) is 5.78 Å². The fourth-order valence-corrected chi connectivity index (χ4v) is 7.60. The highest BCUT2D eigenvalue weighted by Gasteiger charge is 2.67. The molecule has 0 radical (unpaired) electrons. The number of hydrogen-bond acceptors (Lipinski definition) is 1. The molecular formula is C20H30O. The molecule has 0 saturated heterocycles. The number of hydrogen-bond donors (Lipinski definition) is 0. The second-order valence-corrected chi connectivity index (χ2v) is 9.50. The van der Waals surface area contributed by atoms with E-state index in [1.54, 1.807) is 0 Å². The maximum absolute atomic E-state index is 12.4. The Kier molecular flexibility index (Phi) is 2.69. The normalized spacial score (nSPS) is 51.5. The van der Waals surface area contributed by atoms with Crippen LogP contribution < -0.4 is 0 Å². The first-order chi connectivity index (χ1) is 9.81. The Bertz CT molecular complexity index is 516. The molecular weight excluding hydrogens is 256 g/mol. The lowest BCUT2D eigenvalue weighted by atomic mass is 9.34. The van der Waals surface area contributed by atoms with Gasteiger partial charge in [0.25, 0.3) is 0 Å². The molecule has 0 aromatic rings. The van der Waals surface area contributed by atoms with Crippen LogP contribution in [0.5, 0.6) is 0 Å². The van der Waals surface area contributed by atoms with Gasteiger partial charge in [-0.3, -0.25) is 4.79 Å². The molecule has 1 nitrogen and oxygen atoms in total. The Labute approximate surface area is 129 Å². The fourth-order valence-electron chi connectivity index (χ4n) is 7.60. The number of ketones is 1. The Morgan fingerprint density at radius 2 is 1.81 bits per heavy atom. The van der Waals surface area contributed by atoms with Crippen LogP contribution in [0.2, 0.25) is 0 Å². The van der Waals surface area contributed by atoms with E-state index < -0.39 is 0 Å². The molecule has 0 aromatic heterocycles. The maximum atomic E-state index is 12.4. The SMILES string of the molecule is C=C1CC23CC[C@H]4C(C)(C)CCCC4(C)[C@H]2CCC(=O)[C@@H]13. The molecule has 21 heavy (non-hydrogen) atoms. The third kappa shape index (κ3) is 1.56. The number of allylic oxidation sites excluding steroid dienone is 1. The molecule has 0 bridgehead atoms. The number of carbonyl (C=O) groups excluding carboxylic acids is 1. The molecule has 116 valence electrons. The van der Waals surface area contributed by atoms with E-state index in [1.807, 2.05) is 0 Å². The first-order valence-electron chi connectivity index (χ1n) is 9.02. The van der Waals surface area contributed by atoms with Gasteiger partial charge >= 0.3 is 0 Å². The van der Waals surface area contributed by atoms with Crippen molar-refractivity contribution in [1.82, 2.24) is 0 Å². The Morgan fingerprint density at radius 1 is 1.05 bits per heavy atom. The van der Waals surface area contributed by atoms with Crippen molar-refractivity contribution in [3.8, 4) is 0 Å². The second kappa shape index (κ2) is 4.03. The maximum Gasteiger partial charge on any atom is 0.140 e. The van der Waals surface area contributed by atoms with Crippen LogP contribution in [0.3, 0.4) is 0 Å². The summed E-state index contributed by atoms with van der Waals surface area (Å²) in [6, 6.07) is 0. The molecule has 0 aliphatic heterocycles. The quantitative estimate of drug-likeness (QED) is 0.562. The molecule has 4 aliphatic rings. The van der Waals surface area contributed by atoms with E-state index in [0.717, 1.165) is 31.1 Å². The van der Waals surface area contributed by atoms with Gasteiger partial charge in [0.15, 0.2) is 0 Å². The zero-order valence-electron chi connectivity index (χ0n) is 14.0. The summed E-state index contributed by atoms with van der Waals surface area (Å²) in [5.74, 6) is 2.38. The first-order valence-corrected chi connectivity index (χ1v) is 9.02. The minimum atomic E-state index is 0.235. The summed E-state index contributed by atoms with van der Waals surface area (Å²) in [7, 11) is 0. The van der Waals surface area contributed by atoms with Gasteiger partial charge in [-0.2, -0.15) is 0 Å². The van der Waals surface area contributed by atoms with Crippen molar-refractivity contribution >= 4 is 5.78 Å². The average Bonchev–Trinajstić information content (AvgIpc) is 2.35. The number of Topliss-reactive ketones (excluding diaryl/α,β-unsaturated/α-hetero) is 1. The van der Waals surface area contributed by atoms with Crippen molar-refractivity contribution in [3.63, 3.8) is 0 Å². The number of rotatable bonds is 0. The van der Waals surface area contributed by atoms with Gasteiger partial charge in [0.05, 0.1) is 0 Å². The summed E-state index contributed by atoms with van der Waals surface area (Å²) in [5.41, 5.74) is 2.54. The monoisotopic (exact) mass is 286 g/mol. The van der Waals surface area contributed by atoms with Crippen LogP contribution in [0.25, 0.3) is 0 Å². The Morgan fingerprint density at radius 3 is 2.52 bits per heavy atom. The summed E-state index contributed by atoms with van der Waals surface area (Å²) in [6.07, 6.45) is 9.92. The molecule has 4 saturated carbocycles. The topological polar surface area (TPSA) is 17.1 Å².